The van der Waals surface area contributed by atoms with Crippen molar-refractivity contribution < 1.29 is 5.11 Å². The Balaban J connectivity index is 1.75. The fourth-order valence-corrected chi connectivity index (χ4v) is 1.84. The van der Waals surface area contributed by atoms with Crippen molar-refractivity contribution in [2.45, 2.75) is 18.9 Å². The maximum atomic E-state index is 9.76. The molecule has 1 fully saturated rings. The molecule has 16 heavy (non-hydrogen) atoms. The number of hydrogen-bond donors (Lipinski definition) is 2. The van der Waals surface area contributed by atoms with Gasteiger partial charge in [0.15, 0.2) is 5.82 Å². The van der Waals surface area contributed by atoms with E-state index in [4.69, 9.17) is 0 Å². The SMILES string of the molecule is OC(CNc1nccn2nccc12)C1CC1. The van der Waals surface area contributed by atoms with Gasteiger partial charge in [-0.15, -0.1) is 0 Å². The van der Waals surface area contributed by atoms with Gasteiger partial charge in [-0.25, -0.2) is 9.50 Å². The number of aromatic nitrogens is 3. The molecule has 0 amide bonds. The zero-order chi connectivity index (χ0) is 11.0. The van der Waals surface area contributed by atoms with Gasteiger partial charge < -0.3 is 10.4 Å². The van der Waals surface area contributed by atoms with Crippen LogP contribution in [0.25, 0.3) is 5.52 Å². The summed E-state index contributed by atoms with van der Waals surface area (Å²) in [4.78, 5) is 4.25. The van der Waals surface area contributed by atoms with Crippen molar-refractivity contribution >= 4 is 11.3 Å². The second-order valence-corrected chi connectivity index (χ2v) is 4.22. The van der Waals surface area contributed by atoms with Crippen molar-refractivity contribution in [1.29, 1.82) is 0 Å². The summed E-state index contributed by atoms with van der Waals surface area (Å²) < 4.78 is 1.76. The molecule has 5 heteroatoms. The summed E-state index contributed by atoms with van der Waals surface area (Å²) in [5, 5.41) is 17.1. The Morgan fingerprint density at radius 3 is 3.19 bits per heavy atom. The molecule has 1 atom stereocenters. The van der Waals surface area contributed by atoms with E-state index in [-0.39, 0.29) is 6.10 Å². The van der Waals surface area contributed by atoms with Crippen LogP contribution in [0.4, 0.5) is 5.82 Å². The molecular weight excluding hydrogens is 204 g/mol. The van der Waals surface area contributed by atoms with E-state index in [9.17, 15) is 5.11 Å². The molecule has 0 radical (unpaired) electrons. The minimum atomic E-state index is -0.259. The lowest BCUT2D eigenvalue weighted by molar-refractivity contribution is 0.164. The molecule has 5 nitrogen and oxygen atoms in total. The summed E-state index contributed by atoms with van der Waals surface area (Å²) in [6, 6.07) is 1.90. The van der Waals surface area contributed by atoms with Crippen molar-refractivity contribution in [3.8, 4) is 0 Å². The monoisotopic (exact) mass is 218 g/mol. The number of nitrogens with zero attached hydrogens (tertiary/aromatic N) is 3. The highest BCUT2D eigenvalue weighted by molar-refractivity contribution is 5.66. The van der Waals surface area contributed by atoms with E-state index in [2.05, 4.69) is 15.4 Å². The van der Waals surface area contributed by atoms with Gasteiger partial charge in [-0.1, -0.05) is 0 Å². The van der Waals surface area contributed by atoms with Crippen molar-refractivity contribution in [3.63, 3.8) is 0 Å². The zero-order valence-corrected chi connectivity index (χ0v) is 8.87. The van der Waals surface area contributed by atoms with Gasteiger partial charge in [-0.05, 0) is 24.8 Å². The second-order valence-electron chi connectivity index (χ2n) is 4.22. The number of fused-ring (bicyclic) bond motifs is 1. The van der Waals surface area contributed by atoms with Crippen LogP contribution in [-0.2, 0) is 0 Å². The van der Waals surface area contributed by atoms with E-state index in [1.54, 1.807) is 23.1 Å². The fourth-order valence-electron chi connectivity index (χ4n) is 1.84. The molecule has 84 valence electrons. The summed E-state index contributed by atoms with van der Waals surface area (Å²) >= 11 is 0. The average molecular weight is 218 g/mol. The van der Waals surface area contributed by atoms with Gasteiger partial charge >= 0.3 is 0 Å². The van der Waals surface area contributed by atoms with Crippen molar-refractivity contribution in [1.82, 2.24) is 14.6 Å². The van der Waals surface area contributed by atoms with E-state index in [0.717, 1.165) is 24.2 Å². The van der Waals surface area contributed by atoms with E-state index in [0.29, 0.717) is 12.5 Å². The van der Waals surface area contributed by atoms with Crippen molar-refractivity contribution in [2.24, 2.45) is 5.92 Å². The topological polar surface area (TPSA) is 62.5 Å². The number of anilines is 1. The van der Waals surface area contributed by atoms with Crippen LogP contribution in [-0.4, -0.2) is 32.4 Å². The van der Waals surface area contributed by atoms with E-state index in [1.807, 2.05) is 6.07 Å². The Bertz CT molecular complexity index is 491. The molecule has 1 unspecified atom stereocenters. The van der Waals surface area contributed by atoms with Crippen LogP contribution in [0.5, 0.6) is 0 Å². The predicted molar refractivity (Wildman–Crippen MR) is 60.2 cm³/mol. The van der Waals surface area contributed by atoms with Gasteiger partial charge in [-0.3, -0.25) is 0 Å². The fraction of sp³-hybridized carbons (Fsp3) is 0.455. The first kappa shape index (κ1) is 9.59. The van der Waals surface area contributed by atoms with Crippen LogP contribution in [0.2, 0.25) is 0 Å². The standard InChI is InChI=1S/C11H14N4O/c16-10(8-1-2-8)7-13-11-9-3-4-14-15(9)6-5-12-11/h3-6,8,10,16H,1-2,7H2,(H,12,13). The molecule has 2 N–H and O–H groups in total. The van der Waals surface area contributed by atoms with Gasteiger partial charge in [0.1, 0.15) is 5.52 Å². The smallest absolute Gasteiger partial charge is 0.152 e. The number of hydrogen-bond acceptors (Lipinski definition) is 4. The lowest BCUT2D eigenvalue weighted by atomic mass is 10.2. The number of rotatable bonds is 4. The molecule has 0 saturated heterocycles. The molecule has 0 aromatic carbocycles. The number of aliphatic hydroxyl groups is 1. The first-order chi connectivity index (χ1) is 7.84. The van der Waals surface area contributed by atoms with Gasteiger partial charge in [-0.2, -0.15) is 5.10 Å². The van der Waals surface area contributed by atoms with Crippen LogP contribution < -0.4 is 5.32 Å². The maximum absolute atomic E-state index is 9.76. The lowest BCUT2D eigenvalue weighted by Crippen LogP contribution is -2.22. The first-order valence-electron chi connectivity index (χ1n) is 5.55. The Labute approximate surface area is 93.1 Å². The summed E-state index contributed by atoms with van der Waals surface area (Å²) in [6.07, 6.45) is 7.27. The molecule has 1 aliphatic rings. The van der Waals surface area contributed by atoms with E-state index >= 15 is 0 Å². The average Bonchev–Trinajstić information content (AvgIpc) is 3.04. The molecule has 3 rings (SSSR count). The van der Waals surface area contributed by atoms with Gasteiger partial charge in [0.25, 0.3) is 0 Å². The van der Waals surface area contributed by atoms with Crippen LogP contribution in [0.3, 0.4) is 0 Å². The minimum Gasteiger partial charge on any atom is -0.391 e. The van der Waals surface area contributed by atoms with Gasteiger partial charge in [0.2, 0.25) is 0 Å². The van der Waals surface area contributed by atoms with Crippen LogP contribution >= 0.6 is 0 Å². The molecule has 0 bridgehead atoms. The molecule has 0 aliphatic heterocycles. The predicted octanol–water partition coefficient (Wildman–Crippen LogP) is 0.912. The molecule has 1 saturated carbocycles. The Morgan fingerprint density at radius 2 is 2.38 bits per heavy atom. The Morgan fingerprint density at radius 1 is 1.50 bits per heavy atom. The summed E-state index contributed by atoms with van der Waals surface area (Å²) in [7, 11) is 0. The first-order valence-corrected chi connectivity index (χ1v) is 5.55. The molecule has 0 spiro atoms. The third-order valence-electron chi connectivity index (χ3n) is 2.97. The van der Waals surface area contributed by atoms with Crippen LogP contribution in [0, 0.1) is 5.92 Å². The van der Waals surface area contributed by atoms with E-state index < -0.39 is 0 Å². The zero-order valence-electron chi connectivity index (χ0n) is 8.87. The quantitative estimate of drug-likeness (QED) is 0.800. The third kappa shape index (κ3) is 1.74. The van der Waals surface area contributed by atoms with E-state index in [1.165, 1.54) is 0 Å². The van der Waals surface area contributed by atoms with Crippen molar-refractivity contribution in [3.05, 3.63) is 24.7 Å². The minimum absolute atomic E-state index is 0.259. The summed E-state index contributed by atoms with van der Waals surface area (Å²) in [5.74, 6) is 1.26. The highest BCUT2D eigenvalue weighted by Gasteiger charge is 2.29. The molecular formula is C11H14N4O. The third-order valence-corrected chi connectivity index (χ3v) is 2.97. The summed E-state index contributed by atoms with van der Waals surface area (Å²) in [6.45, 7) is 0.558. The highest BCUT2D eigenvalue weighted by atomic mass is 16.3. The Kier molecular flexibility index (Phi) is 2.25. The second kappa shape index (κ2) is 3.75. The lowest BCUT2D eigenvalue weighted by Gasteiger charge is -2.11. The van der Waals surface area contributed by atoms with Gasteiger partial charge in [0.05, 0.1) is 12.3 Å². The molecule has 2 heterocycles. The molecule has 2 aromatic rings. The number of nitrogens with one attached hydrogen (secondary N) is 1. The van der Waals surface area contributed by atoms with Crippen molar-refractivity contribution in [2.75, 3.05) is 11.9 Å². The highest BCUT2D eigenvalue weighted by Crippen LogP contribution is 2.32. The maximum Gasteiger partial charge on any atom is 0.152 e. The largest absolute Gasteiger partial charge is 0.391 e. The summed E-state index contributed by atoms with van der Waals surface area (Å²) in [5.41, 5.74) is 0.936. The number of aliphatic hydroxyl groups excluding tert-OH is 1. The van der Waals surface area contributed by atoms with Gasteiger partial charge in [0, 0.05) is 18.9 Å². The normalized spacial score (nSPS) is 17.6. The van der Waals surface area contributed by atoms with Crippen LogP contribution in [0.15, 0.2) is 24.7 Å². The molecule has 2 aromatic heterocycles. The van der Waals surface area contributed by atoms with Crippen LogP contribution in [0.1, 0.15) is 12.8 Å². The Hall–Kier alpha value is -1.62. The molecule has 1 aliphatic carbocycles.